The summed E-state index contributed by atoms with van der Waals surface area (Å²) in [4.78, 5) is 37.3. The molecule has 0 bridgehead atoms. The van der Waals surface area contributed by atoms with E-state index in [2.05, 4.69) is 15.6 Å². The lowest BCUT2D eigenvalue weighted by atomic mass is 10.0. The van der Waals surface area contributed by atoms with Gasteiger partial charge in [0.05, 0.1) is 4.92 Å². The fourth-order valence-corrected chi connectivity index (χ4v) is 2.93. The van der Waals surface area contributed by atoms with Gasteiger partial charge in [-0.2, -0.15) is 4.39 Å². The number of carbonyl (C=O) groups is 2. The monoisotopic (exact) mass is 384 g/mol. The standard InChI is InChI=1S/C19H17FN4O4/c1-11(25)22-17(8-12-10-21-16-5-3-2-4-14(12)16)19(26)23-13-6-7-15(20)18(9-13)24(27)28/h2-7,9-10,17,21H,8H2,1H3,(H,22,25)(H,23,26)/t17-/m1/s1. The van der Waals surface area contributed by atoms with Crippen molar-refractivity contribution < 1.29 is 18.9 Å². The Morgan fingerprint density at radius 1 is 1.25 bits per heavy atom. The minimum atomic E-state index is -1.000. The van der Waals surface area contributed by atoms with Gasteiger partial charge in [0.25, 0.3) is 0 Å². The van der Waals surface area contributed by atoms with E-state index in [1.54, 1.807) is 6.20 Å². The number of hydrogen-bond acceptors (Lipinski definition) is 4. The van der Waals surface area contributed by atoms with Crippen molar-refractivity contribution in [1.29, 1.82) is 0 Å². The minimum absolute atomic E-state index is 0.0624. The highest BCUT2D eigenvalue weighted by atomic mass is 19.1. The smallest absolute Gasteiger partial charge is 0.306 e. The van der Waals surface area contributed by atoms with Gasteiger partial charge in [0, 0.05) is 42.2 Å². The summed E-state index contributed by atoms with van der Waals surface area (Å²) in [6.45, 7) is 1.29. The maximum Gasteiger partial charge on any atom is 0.306 e. The Hall–Kier alpha value is -3.75. The van der Waals surface area contributed by atoms with Crippen LogP contribution in [0.15, 0.2) is 48.7 Å². The molecule has 1 heterocycles. The third-order valence-electron chi connectivity index (χ3n) is 4.20. The lowest BCUT2D eigenvalue weighted by Gasteiger charge is -2.17. The van der Waals surface area contributed by atoms with Crippen molar-refractivity contribution in [2.75, 3.05) is 5.32 Å². The van der Waals surface area contributed by atoms with E-state index in [0.29, 0.717) is 0 Å². The summed E-state index contributed by atoms with van der Waals surface area (Å²) in [6, 6.07) is 9.67. The van der Waals surface area contributed by atoms with Gasteiger partial charge in [0.15, 0.2) is 0 Å². The Labute approximate surface area is 158 Å². The highest BCUT2D eigenvalue weighted by Crippen LogP contribution is 2.23. The van der Waals surface area contributed by atoms with E-state index in [1.165, 1.54) is 13.0 Å². The number of para-hydroxylation sites is 1. The fourth-order valence-electron chi connectivity index (χ4n) is 2.93. The Morgan fingerprint density at radius 3 is 2.71 bits per heavy atom. The molecule has 8 nitrogen and oxygen atoms in total. The molecule has 3 N–H and O–H groups in total. The number of nitrogens with zero attached hydrogens (tertiary/aromatic N) is 1. The number of H-pyrrole nitrogens is 1. The highest BCUT2D eigenvalue weighted by Gasteiger charge is 2.23. The predicted molar refractivity (Wildman–Crippen MR) is 101 cm³/mol. The number of nitro groups is 1. The van der Waals surface area contributed by atoms with Gasteiger partial charge in [-0.25, -0.2) is 0 Å². The van der Waals surface area contributed by atoms with Crippen molar-refractivity contribution in [3.05, 3.63) is 70.2 Å². The normalized spacial score (nSPS) is 11.8. The van der Waals surface area contributed by atoms with Crippen LogP contribution in [0.2, 0.25) is 0 Å². The largest absolute Gasteiger partial charge is 0.361 e. The van der Waals surface area contributed by atoms with Crippen LogP contribution >= 0.6 is 0 Å². The van der Waals surface area contributed by atoms with Crippen molar-refractivity contribution in [3.63, 3.8) is 0 Å². The average Bonchev–Trinajstić information content (AvgIpc) is 3.05. The summed E-state index contributed by atoms with van der Waals surface area (Å²) in [7, 11) is 0. The first-order chi connectivity index (χ1) is 13.3. The Kier molecular flexibility index (Phi) is 5.35. The molecule has 0 saturated heterocycles. The number of hydrogen-bond donors (Lipinski definition) is 3. The van der Waals surface area contributed by atoms with Crippen LogP contribution in [0.3, 0.4) is 0 Å². The summed E-state index contributed by atoms with van der Waals surface area (Å²) < 4.78 is 13.5. The van der Waals surface area contributed by atoms with E-state index in [4.69, 9.17) is 0 Å². The quantitative estimate of drug-likeness (QED) is 0.447. The van der Waals surface area contributed by atoms with E-state index in [9.17, 15) is 24.1 Å². The van der Waals surface area contributed by atoms with Crippen molar-refractivity contribution in [2.45, 2.75) is 19.4 Å². The zero-order valence-electron chi connectivity index (χ0n) is 14.9. The molecule has 3 rings (SSSR count). The number of anilines is 1. The SMILES string of the molecule is CC(=O)N[C@H](Cc1c[nH]c2ccccc12)C(=O)Nc1ccc(F)c([N+](=O)[O-])c1. The molecule has 1 aromatic heterocycles. The third-order valence-corrected chi connectivity index (χ3v) is 4.20. The van der Waals surface area contributed by atoms with Crippen LogP contribution in [0, 0.1) is 15.9 Å². The van der Waals surface area contributed by atoms with Crippen LogP contribution in [0.1, 0.15) is 12.5 Å². The Balaban J connectivity index is 1.83. The fraction of sp³-hybridized carbons (Fsp3) is 0.158. The highest BCUT2D eigenvalue weighted by molar-refractivity contribution is 5.98. The number of halogens is 1. The molecule has 0 fully saturated rings. The summed E-state index contributed by atoms with van der Waals surface area (Å²) >= 11 is 0. The van der Waals surface area contributed by atoms with Crippen molar-refractivity contribution in [3.8, 4) is 0 Å². The van der Waals surface area contributed by atoms with Gasteiger partial charge >= 0.3 is 5.69 Å². The molecule has 9 heteroatoms. The van der Waals surface area contributed by atoms with Crippen LogP contribution in [-0.4, -0.2) is 27.8 Å². The average molecular weight is 384 g/mol. The van der Waals surface area contributed by atoms with Gasteiger partial charge in [-0.3, -0.25) is 19.7 Å². The number of rotatable bonds is 6. The molecule has 144 valence electrons. The summed E-state index contributed by atoms with van der Waals surface area (Å²) in [6.07, 6.45) is 1.97. The molecule has 0 aliphatic heterocycles. The molecule has 2 amide bonds. The third kappa shape index (κ3) is 4.14. The molecular formula is C19H17FN4O4. The predicted octanol–water partition coefficient (Wildman–Crippen LogP) is 2.90. The lowest BCUT2D eigenvalue weighted by Crippen LogP contribution is -2.44. The first-order valence-corrected chi connectivity index (χ1v) is 8.42. The van der Waals surface area contributed by atoms with Crippen LogP contribution in [0.5, 0.6) is 0 Å². The molecular weight excluding hydrogens is 367 g/mol. The Bertz CT molecular complexity index is 1060. The second-order valence-electron chi connectivity index (χ2n) is 6.23. The first kappa shape index (κ1) is 19.0. The van der Waals surface area contributed by atoms with Gasteiger partial charge in [-0.15, -0.1) is 0 Å². The van der Waals surface area contributed by atoms with E-state index < -0.39 is 34.3 Å². The van der Waals surface area contributed by atoms with E-state index in [1.807, 2.05) is 24.3 Å². The molecule has 0 aliphatic carbocycles. The summed E-state index contributed by atoms with van der Waals surface area (Å²) in [5, 5.41) is 16.9. The molecule has 0 radical (unpaired) electrons. The molecule has 0 unspecified atom stereocenters. The van der Waals surface area contributed by atoms with Gasteiger partial charge in [0.2, 0.25) is 17.6 Å². The molecule has 2 aromatic carbocycles. The van der Waals surface area contributed by atoms with Gasteiger partial charge < -0.3 is 15.6 Å². The number of amides is 2. The van der Waals surface area contributed by atoms with Crippen molar-refractivity contribution >= 4 is 34.1 Å². The summed E-state index contributed by atoms with van der Waals surface area (Å²) in [5.41, 5.74) is 1.04. The van der Waals surface area contributed by atoms with Crippen LogP contribution < -0.4 is 10.6 Å². The van der Waals surface area contributed by atoms with Gasteiger partial charge in [-0.05, 0) is 23.8 Å². The number of aromatic amines is 1. The van der Waals surface area contributed by atoms with Gasteiger partial charge in [0.1, 0.15) is 6.04 Å². The molecule has 0 saturated carbocycles. The van der Waals surface area contributed by atoms with E-state index in [-0.39, 0.29) is 12.1 Å². The van der Waals surface area contributed by atoms with Crippen LogP contribution in [0.4, 0.5) is 15.8 Å². The zero-order valence-corrected chi connectivity index (χ0v) is 14.9. The molecule has 1 atom stereocenters. The van der Waals surface area contributed by atoms with Crippen molar-refractivity contribution in [2.24, 2.45) is 0 Å². The second kappa shape index (κ2) is 7.87. The topological polar surface area (TPSA) is 117 Å². The number of benzene rings is 2. The number of fused-ring (bicyclic) bond motifs is 1. The number of aromatic nitrogens is 1. The van der Waals surface area contributed by atoms with Crippen molar-refractivity contribution in [1.82, 2.24) is 10.3 Å². The maximum absolute atomic E-state index is 13.5. The summed E-state index contributed by atoms with van der Waals surface area (Å²) in [5.74, 6) is -1.97. The Morgan fingerprint density at radius 2 is 2.00 bits per heavy atom. The number of carbonyl (C=O) groups excluding carboxylic acids is 2. The second-order valence-corrected chi connectivity index (χ2v) is 6.23. The molecule has 0 aliphatic rings. The molecule has 0 spiro atoms. The van der Waals surface area contributed by atoms with Crippen LogP contribution in [0.25, 0.3) is 10.9 Å². The number of nitro benzene ring substituents is 1. The number of nitrogens with one attached hydrogen (secondary N) is 3. The van der Waals surface area contributed by atoms with E-state index in [0.717, 1.165) is 28.6 Å². The maximum atomic E-state index is 13.5. The minimum Gasteiger partial charge on any atom is -0.361 e. The van der Waals surface area contributed by atoms with Crippen LogP contribution in [-0.2, 0) is 16.0 Å². The molecule has 28 heavy (non-hydrogen) atoms. The molecule has 3 aromatic rings. The van der Waals surface area contributed by atoms with Gasteiger partial charge in [-0.1, -0.05) is 18.2 Å². The zero-order chi connectivity index (χ0) is 20.3. The first-order valence-electron chi connectivity index (χ1n) is 8.42. The van der Waals surface area contributed by atoms with E-state index >= 15 is 0 Å². The lowest BCUT2D eigenvalue weighted by molar-refractivity contribution is -0.387.